The smallest absolute Gasteiger partial charge is 0.398 e. The molecule has 25 heavy (non-hydrogen) atoms. The van der Waals surface area contributed by atoms with Gasteiger partial charge in [-0.05, 0) is 45.9 Å². The lowest BCUT2D eigenvalue weighted by molar-refractivity contribution is -0.137. The molecule has 0 heterocycles. The zero-order valence-electron chi connectivity index (χ0n) is 13.4. The summed E-state index contributed by atoms with van der Waals surface area (Å²) >= 11 is 0. The van der Waals surface area contributed by atoms with Crippen molar-refractivity contribution < 1.29 is 13.2 Å². The summed E-state index contributed by atoms with van der Waals surface area (Å²) in [7, 11) is 0. The Kier molecular flexibility index (Phi) is 3.57. The molecule has 0 aliphatic heterocycles. The van der Waals surface area contributed by atoms with E-state index >= 15 is 0 Å². The molecule has 4 rings (SSSR count). The van der Waals surface area contributed by atoms with Crippen LogP contribution in [0.3, 0.4) is 0 Å². The van der Waals surface area contributed by atoms with E-state index in [1.165, 1.54) is 23.3 Å². The van der Waals surface area contributed by atoms with Gasteiger partial charge in [0, 0.05) is 12.1 Å². The van der Waals surface area contributed by atoms with Crippen molar-refractivity contribution in [1.82, 2.24) is 0 Å². The van der Waals surface area contributed by atoms with Gasteiger partial charge in [-0.3, -0.25) is 0 Å². The van der Waals surface area contributed by atoms with E-state index in [0.717, 1.165) is 29.2 Å². The van der Waals surface area contributed by atoms with Crippen molar-refractivity contribution in [3.8, 4) is 11.1 Å². The summed E-state index contributed by atoms with van der Waals surface area (Å²) in [6, 6.07) is 17.6. The first-order valence-electron chi connectivity index (χ1n) is 8.08. The average Bonchev–Trinajstić information content (AvgIpc) is 2.96. The van der Waals surface area contributed by atoms with Crippen molar-refractivity contribution >= 4 is 5.69 Å². The van der Waals surface area contributed by atoms with Crippen molar-refractivity contribution in [1.29, 1.82) is 0 Å². The van der Waals surface area contributed by atoms with E-state index in [9.17, 15) is 13.2 Å². The lowest BCUT2D eigenvalue weighted by Gasteiger charge is -2.13. The molecule has 3 aromatic carbocycles. The van der Waals surface area contributed by atoms with Gasteiger partial charge in [-0.15, -0.1) is 0 Å². The molecule has 0 fully saturated rings. The van der Waals surface area contributed by atoms with Crippen LogP contribution in [0.1, 0.15) is 27.8 Å². The van der Waals surface area contributed by atoms with Crippen LogP contribution in [0.4, 0.5) is 18.9 Å². The van der Waals surface area contributed by atoms with Crippen LogP contribution in [0.2, 0.25) is 0 Å². The number of halogens is 3. The van der Waals surface area contributed by atoms with Crippen molar-refractivity contribution in [3.05, 3.63) is 88.5 Å². The zero-order chi connectivity index (χ0) is 17.6. The number of alkyl halides is 3. The number of fused-ring (bicyclic) bond motifs is 3. The second kappa shape index (κ2) is 5.66. The molecule has 0 saturated heterocycles. The van der Waals surface area contributed by atoms with E-state index in [0.29, 0.717) is 17.7 Å². The second-order valence-electron chi connectivity index (χ2n) is 6.37. The van der Waals surface area contributed by atoms with Gasteiger partial charge in [-0.25, -0.2) is 0 Å². The van der Waals surface area contributed by atoms with Gasteiger partial charge >= 0.3 is 6.18 Å². The molecule has 0 saturated carbocycles. The number of rotatable bonds is 2. The average molecular weight is 339 g/mol. The van der Waals surface area contributed by atoms with E-state index in [4.69, 9.17) is 5.73 Å². The van der Waals surface area contributed by atoms with Crippen LogP contribution < -0.4 is 5.73 Å². The van der Waals surface area contributed by atoms with Crippen LogP contribution in [0.15, 0.2) is 60.7 Å². The van der Waals surface area contributed by atoms with Gasteiger partial charge < -0.3 is 5.73 Å². The fraction of sp³-hybridized carbons (Fsp3) is 0.143. The van der Waals surface area contributed by atoms with Crippen molar-refractivity contribution in [2.24, 2.45) is 0 Å². The fourth-order valence-electron chi connectivity index (χ4n) is 3.52. The van der Waals surface area contributed by atoms with E-state index in [1.54, 1.807) is 6.07 Å². The van der Waals surface area contributed by atoms with E-state index in [-0.39, 0.29) is 0 Å². The summed E-state index contributed by atoms with van der Waals surface area (Å²) in [5.74, 6) is 0. The maximum Gasteiger partial charge on any atom is 0.416 e. The molecule has 0 amide bonds. The number of anilines is 1. The maximum atomic E-state index is 12.9. The molecular formula is C21H16F3N. The quantitative estimate of drug-likeness (QED) is 0.483. The van der Waals surface area contributed by atoms with Crippen LogP contribution in [-0.4, -0.2) is 0 Å². The topological polar surface area (TPSA) is 26.0 Å². The highest BCUT2D eigenvalue weighted by Crippen LogP contribution is 2.41. The Morgan fingerprint density at radius 3 is 2.48 bits per heavy atom. The molecule has 1 aliphatic carbocycles. The summed E-state index contributed by atoms with van der Waals surface area (Å²) in [5, 5.41) is 0. The van der Waals surface area contributed by atoms with Gasteiger partial charge in [0.2, 0.25) is 0 Å². The fourth-order valence-corrected chi connectivity index (χ4v) is 3.52. The molecule has 0 unspecified atom stereocenters. The molecule has 0 aromatic heterocycles. The predicted molar refractivity (Wildman–Crippen MR) is 93.3 cm³/mol. The molecule has 0 spiro atoms. The van der Waals surface area contributed by atoms with Crippen molar-refractivity contribution in [3.63, 3.8) is 0 Å². The predicted octanol–water partition coefficient (Wildman–Crippen LogP) is 5.45. The molecule has 0 radical (unpaired) electrons. The van der Waals surface area contributed by atoms with Crippen LogP contribution in [0.5, 0.6) is 0 Å². The zero-order valence-corrected chi connectivity index (χ0v) is 13.4. The minimum atomic E-state index is -4.33. The van der Waals surface area contributed by atoms with Crippen LogP contribution in [0.25, 0.3) is 11.1 Å². The number of nitrogen functional groups attached to an aromatic ring is 1. The van der Waals surface area contributed by atoms with Crippen LogP contribution in [0, 0.1) is 0 Å². The lowest BCUT2D eigenvalue weighted by Crippen LogP contribution is -2.06. The van der Waals surface area contributed by atoms with Crippen molar-refractivity contribution in [2.45, 2.75) is 19.0 Å². The first-order chi connectivity index (χ1) is 11.9. The van der Waals surface area contributed by atoms with E-state index in [1.807, 2.05) is 24.3 Å². The first-order valence-corrected chi connectivity index (χ1v) is 8.08. The Morgan fingerprint density at radius 1 is 0.880 bits per heavy atom. The minimum Gasteiger partial charge on any atom is -0.398 e. The third kappa shape index (κ3) is 2.78. The van der Waals surface area contributed by atoms with E-state index < -0.39 is 11.7 Å². The number of hydrogen-bond acceptors (Lipinski definition) is 1. The van der Waals surface area contributed by atoms with Gasteiger partial charge in [0.1, 0.15) is 0 Å². The monoisotopic (exact) mass is 339 g/mol. The molecule has 1 aliphatic rings. The molecule has 126 valence electrons. The highest BCUT2D eigenvalue weighted by molar-refractivity contribution is 5.82. The Morgan fingerprint density at radius 2 is 1.68 bits per heavy atom. The molecule has 2 N–H and O–H groups in total. The third-order valence-electron chi connectivity index (χ3n) is 4.77. The second-order valence-corrected chi connectivity index (χ2v) is 6.37. The summed E-state index contributed by atoms with van der Waals surface area (Å²) < 4.78 is 38.7. The first kappa shape index (κ1) is 15.8. The van der Waals surface area contributed by atoms with Crippen molar-refractivity contribution in [2.75, 3.05) is 5.73 Å². The highest BCUT2D eigenvalue weighted by atomic mass is 19.4. The normalized spacial score (nSPS) is 12.8. The SMILES string of the molecule is Nc1c(Cc2cccc(C(F)(F)F)c2)ccc2c1Cc1ccccc1-2. The lowest BCUT2D eigenvalue weighted by atomic mass is 9.96. The minimum absolute atomic E-state index is 0.388. The largest absolute Gasteiger partial charge is 0.416 e. The number of nitrogens with two attached hydrogens (primary N) is 1. The Bertz CT molecular complexity index is 958. The summed E-state index contributed by atoms with van der Waals surface area (Å²) in [6.45, 7) is 0. The standard InChI is InChI=1S/C21H16F3N/c22-21(23,24)16-6-3-4-13(11-16)10-15-8-9-18-17-7-2-1-5-14(17)12-19(18)20(15)25/h1-9,11H,10,12,25H2. The van der Waals surface area contributed by atoms with Gasteiger partial charge in [-0.2, -0.15) is 13.2 Å². The molecular weight excluding hydrogens is 323 g/mol. The van der Waals surface area contributed by atoms with Gasteiger partial charge in [0.05, 0.1) is 5.56 Å². The van der Waals surface area contributed by atoms with E-state index in [2.05, 4.69) is 12.1 Å². The molecule has 4 heteroatoms. The summed E-state index contributed by atoms with van der Waals surface area (Å²) in [4.78, 5) is 0. The van der Waals surface area contributed by atoms with Gasteiger partial charge in [0.15, 0.2) is 0 Å². The molecule has 3 aromatic rings. The summed E-state index contributed by atoms with van der Waals surface area (Å²) in [6.07, 6.45) is -3.17. The van der Waals surface area contributed by atoms with Gasteiger partial charge in [-0.1, -0.05) is 54.6 Å². The maximum absolute atomic E-state index is 12.9. The van der Waals surface area contributed by atoms with Gasteiger partial charge in [0.25, 0.3) is 0 Å². The third-order valence-corrected chi connectivity index (χ3v) is 4.77. The Balaban J connectivity index is 1.69. The summed E-state index contributed by atoms with van der Waals surface area (Å²) in [5.41, 5.74) is 12.5. The molecule has 1 nitrogen and oxygen atoms in total. The number of benzene rings is 3. The highest BCUT2D eigenvalue weighted by Gasteiger charge is 2.30. The van der Waals surface area contributed by atoms with Crippen LogP contribution in [-0.2, 0) is 19.0 Å². The van der Waals surface area contributed by atoms with Crippen LogP contribution >= 0.6 is 0 Å². The molecule has 0 atom stereocenters. The Labute approximate surface area is 143 Å². The Hall–Kier alpha value is -2.75. The molecule has 0 bridgehead atoms. The number of hydrogen-bond donors (Lipinski definition) is 1.